The Kier molecular flexibility index (Phi) is 2.65. The van der Waals surface area contributed by atoms with Crippen molar-refractivity contribution in [3.05, 3.63) is 11.7 Å². The van der Waals surface area contributed by atoms with E-state index in [0.29, 0.717) is 6.04 Å². The highest BCUT2D eigenvalue weighted by atomic mass is 16.5. The molecule has 2 saturated heterocycles. The molecule has 2 aliphatic heterocycles. The molecule has 0 unspecified atom stereocenters. The highest BCUT2D eigenvalue weighted by molar-refractivity contribution is 4.93. The SMILES string of the molecule is Cc1noc(CN2C[C@@H]3CCCN[C@@H]3C2)n1. The molecular weight excluding hydrogens is 204 g/mol. The van der Waals surface area contributed by atoms with Crippen molar-refractivity contribution in [3.8, 4) is 0 Å². The molecular formula is C11H18N4O. The Morgan fingerprint density at radius 2 is 2.44 bits per heavy atom. The lowest BCUT2D eigenvalue weighted by molar-refractivity contribution is 0.258. The van der Waals surface area contributed by atoms with Crippen LogP contribution in [0.2, 0.25) is 0 Å². The Hall–Kier alpha value is -0.940. The minimum absolute atomic E-state index is 0.678. The minimum Gasteiger partial charge on any atom is -0.338 e. The van der Waals surface area contributed by atoms with Crippen molar-refractivity contribution in [1.82, 2.24) is 20.4 Å². The molecule has 3 rings (SSSR count). The van der Waals surface area contributed by atoms with Gasteiger partial charge in [0.05, 0.1) is 6.54 Å². The largest absolute Gasteiger partial charge is 0.338 e. The number of nitrogens with one attached hydrogen (secondary N) is 1. The molecule has 0 aromatic carbocycles. The van der Waals surface area contributed by atoms with E-state index in [2.05, 4.69) is 20.4 Å². The van der Waals surface area contributed by atoms with Crippen LogP contribution in [-0.4, -0.2) is 40.7 Å². The van der Waals surface area contributed by atoms with Crippen molar-refractivity contribution in [2.24, 2.45) is 5.92 Å². The zero-order chi connectivity index (χ0) is 11.0. The quantitative estimate of drug-likeness (QED) is 0.792. The maximum absolute atomic E-state index is 5.16. The molecule has 0 saturated carbocycles. The fourth-order valence-electron chi connectivity index (χ4n) is 2.86. The summed E-state index contributed by atoms with van der Waals surface area (Å²) in [7, 11) is 0. The first-order chi connectivity index (χ1) is 7.81. The third-order valence-electron chi connectivity index (χ3n) is 3.60. The van der Waals surface area contributed by atoms with Gasteiger partial charge in [-0.3, -0.25) is 4.90 Å². The molecule has 5 nitrogen and oxygen atoms in total. The van der Waals surface area contributed by atoms with Crippen molar-refractivity contribution in [3.63, 3.8) is 0 Å². The Bertz CT molecular complexity index is 351. The summed E-state index contributed by atoms with van der Waals surface area (Å²) < 4.78 is 5.16. The predicted molar refractivity (Wildman–Crippen MR) is 58.8 cm³/mol. The number of rotatable bonds is 2. The second-order valence-corrected chi connectivity index (χ2v) is 4.89. The van der Waals surface area contributed by atoms with E-state index in [4.69, 9.17) is 4.52 Å². The molecule has 0 bridgehead atoms. The van der Waals surface area contributed by atoms with Crippen LogP contribution < -0.4 is 5.32 Å². The summed E-state index contributed by atoms with van der Waals surface area (Å²) in [6.07, 6.45) is 2.67. The molecule has 0 radical (unpaired) electrons. The van der Waals surface area contributed by atoms with Crippen LogP contribution in [0.25, 0.3) is 0 Å². The molecule has 1 aromatic rings. The zero-order valence-corrected chi connectivity index (χ0v) is 9.65. The smallest absolute Gasteiger partial charge is 0.240 e. The van der Waals surface area contributed by atoms with E-state index in [1.54, 1.807) is 0 Å². The van der Waals surface area contributed by atoms with E-state index < -0.39 is 0 Å². The number of fused-ring (bicyclic) bond motifs is 1. The number of hydrogen-bond donors (Lipinski definition) is 1. The van der Waals surface area contributed by atoms with Gasteiger partial charge in [-0.2, -0.15) is 4.98 Å². The van der Waals surface area contributed by atoms with Gasteiger partial charge in [0, 0.05) is 19.1 Å². The van der Waals surface area contributed by atoms with Gasteiger partial charge in [-0.05, 0) is 32.2 Å². The average Bonchev–Trinajstić information content (AvgIpc) is 2.84. The van der Waals surface area contributed by atoms with Crippen LogP contribution in [0, 0.1) is 12.8 Å². The molecule has 0 spiro atoms. The summed E-state index contributed by atoms with van der Waals surface area (Å²) in [6.45, 7) is 6.12. The van der Waals surface area contributed by atoms with Crippen LogP contribution in [0.3, 0.4) is 0 Å². The molecule has 5 heteroatoms. The van der Waals surface area contributed by atoms with E-state index in [-0.39, 0.29) is 0 Å². The third-order valence-corrected chi connectivity index (χ3v) is 3.60. The average molecular weight is 222 g/mol. The summed E-state index contributed by atoms with van der Waals surface area (Å²) in [4.78, 5) is 6.67. The Balaban J connectivity index is 1.61. The van der Waals surface area contributed by atoms with E-state index in [0.717, 1.165) is 30.7 Å². The monoisotopic (exact) mass is 222 g/mol. The lowest BCUT2D eigenvalue weighted by Gasteiger charge is -2.24. The van der Waals surface area contributed by atoms with Gasteiger partial charge in [-0.1, -0.05) is 5.16 Å². The highest BCUT2D eigenvalue weighted by Gasteiger charge is 2.34. The predicted octanol–water partition coefficient (Wildman–Crippen LogP) is 0.562. The number of likely N-dealkylation sites (tertiary alicyclic amines) is 1. The molecule has 88 valence electrons. The number of nitrogens with zero attached hydrogens (tertiary/aromatic N) is 3. The highest BCUT2D eigenvalue weighted by Crippen LogP contribution is 2.25. The fourth-order valence-corrected chi connectivity index (χ4v) is 2.86. The van der Waals surface area contributed by atoms with Crippen LogP contribution >= 0.6 is 0 Å². The maximum atomic E-state index is 5.16. The molecule has 2 fully saturated rings. The summed E-state index contributed by atoms with van der Waals surface area (Å²) in [6, 6.07) is 0.678. The molecule has 1 N–H and O–H groups in total. The molecule has 2 atom stereocenters. The molecule has 0 aliphatic carbocycles. The second kappa shape index (κ2) is 4.14. The van der Waals surface area contributed by atoms with E-state index >= 15 is 0 Å². The second-order valence-electron chi connectivity index (χ2n) is 4.89. The normalized spacial score (nSPS) is 30.6. The molecule has 0 amide bonds. The van der Waals surface area contributed by atoms with Gasteiger partial charge in [-0.15, -0.1) is 0 Å². The van der Waals surface area contributed by atoms with Gasteiger partial charge in [-0.25, -0.2) is 0 Å². The Morgan fingerprint density at radius 3 is 3.19 bits per heavy atom. The van der Waals surface area contributed by atoms with E-state index in [1.807, 2.05) is 6.92 Å². The van der Waals surface area contributed by atoms with E-state index in [9.17, 15) is 0 Å². The van der Waals surface area contributed by atoms with Crippen molar-refractivity contribution in [2.75, 3.05) is 19.6 Å². The van der Waals surface area contributed by atoms with Gasteiger partial charge >= 0.3 is 0 Å². The standard InChI is InChI=1S/C11H18N4O/c1-8-13-11(16-14-8)7-15-5-9-3-2-4-12-10(9)6-15/h9-10,12H,2-7H2,1H3/t9-,10+/m0/s1. The fraction of sp³-hybridized carbons (Fsp3) is 0.818. The first-order valence-corrected chi connectivity index (χ1v) is 6.06. The number of piperidine rings is 1. The van der Waals surface area contributed by atoms with Crippen molar-refractivity contribution >= 4 is 0 Å². The van der Waals surface area contributed by atoms with Crippen molar-refractivity contribution in [2.45, 2.75) is 32.4 Å². The molecule has 2 aliphatic rings. The first-order valence-electron chi connectivity index (χ1n) is 6.06. The molecule has 1 aromatic heterocycles. The lowest BCUT2D eigenvalue weighted by Crippen LogP contribution is -2.40. The van der Waals surface area contributed by atoms with Crippen LogP contribution in [0.5, 0.6) is 0 Å². The molecule has 3 heterocycles. The van der Waals surface area contributed by atoms with Crippen LogP contribution in [-0.2, 0) is 6.54 Å². The maximum Gasteiger partial charge on any atom is 0.240 e. The zero-order valence-electron chi connectivity index (χ0n) is 9.65. The summed E-state index contributed by atoms with van der Waals surface area (Å²) >= 11 is 0. The van der Waals surface area contributed by atoms with Crippen LogP contribution in [0.15, 0.2) is 4.52 Å². The van der Waals surface area contributed by atoms with Crippen molar-refractivity contribution in [1.29, 1.82) is 0 Å². The first kappa shape index (κ1) is 10.2. The van der Waals surface area contributed by atoms with Gasteiger partial charge in [0.1, 0.15) is 0 Å². The lowest BCUT2D eigenvalue weighted by atomic mass is 9.94. The molecule has 16 heavy (non-hydrogen) atoms. The summed E-state index contributed by atoms with van der Waals surface area (Å²) in [5, 5.41) is 7.41. The van der Waals surface area contributed by atoms with E-state index in [1.165, 1.54) is 25.9 Å². The van der Waals surface area contributed by atoms with Crippen LogP contribution in [0.1, 0.15) is 24.6 Å². The van der Waals surface area contributed by atoms with Gasteiger partial charge < -0.3 is 9.84 Å². The summed E-state index contributed by atoms with van der Waals surface area (Å²) in [5.74, 6) is 2.29. The summed E-state index contributed by atoms with van der Waals surface area (Å²) in [5.41, 5.74) is 0. The van der Waals surface area contributed by atoms with Crippen molar-refractivity contribution < 1.29 is 4.52 Å². The van der Waals surface area contributed by atoms with Gasteiger partial charge in [0.25, 0.3) is 0 Å². The Morgan fingerprint density at radius 1 is 1.50 bits per heavy atom. The number of hydrogen-bond acceptors (Lipinski definition) is 5. The number of aryl methyl sites for hydroxylation is 1. The third kappa shape index (κ3) is 1.97. The van der Waals surface area contributed by atoms with Gasteiger partial charge in [0.15, 0.2) is 5.82 Å². The Labute approximate surface area is 95.2 Å². The van der Waals surface area contributed by atoms with Gasteiger partial charge in [0.2, 0.25) is 5.89 Å². The van der Waals surface area contributed by atoms with Crippen LogP contribution in [0.4, 0.5) is 0 Å². The number of aromatic nitrogens is 2. The topological polar surface area (TPSA) is 54.2 Å². The minimum atomic E-state index is 0.678.